The van der Waals surface area contributed by atoms with E-state index in [9.17, 15) is 4.79 Å². The maximum absolute atomic E-state index is 12.0. The molecule has 0 aliphatic heterocycles. The Morgan fingerprint density at radius 3 is 2.38 bits per heavy atom. The van der Waals surface area contributed by atoms with Crippen molar-refractivity contribution in [3.8, 4) is 5.75 Å². The van der Waals surface area contributed by atoms with Gasteiger partial charge < -0.3 is 14.6 Å². The number of nitrogens with zero attached hydrogens (tertiary/aromatic N) is 1. The van der Waals surface area contributed by atoms with E-state index in [1.165, 1.54) is 0 Å². The second-order valence-electron chi connectivity index (χ2n) is 7.05. The van der Waals surface area contributed by atoms with E-state index >= 15 is 0 Å². The van der Waals surface area contributed by atoms with Crippen LogP contribution in [-0.4, -0.2) is 17.5 Å². The summed E-state index contributed by atoms with van der Waals surface area (Å²) in [6.07, 6.45) is 0.365. The van der Waals surface area contributed by atoms with E-state index in [4.69, 9.17) is 4.74 Å². The van der Waals surface area contributed by atoms with Gasteiger partial charge in [0.05, 0.1) is 6.42 Å². The van der Waals surface area contributed by atoms with Crippen molar-refractivity contribution in [2.75, 3.05) is 7.05 Å². The SMILES string of the molecule is CNC(=O)Cc1cc2ccccc2n1Cc1ccc(OCc2ccccc2)cc1. The van der Waals surface area contributed by atoms with Crippen LogP contribution < -0.4 is 10.1 Å². The van der Waals surface area contributed by atoms with Crippen LogP contribution in [-0.2, 0) is 24.4 Å². The molecular weight excluding hydrogens is 360 g/mol. The largest absolute Gasteiger partial charge is 0.489 e. The lowest BCUT2D eigenvalue weighted by atomic mass is 10.2. The lowest BCUT2D eigenvalue weighted by Crippen LogP contribution is -2.21. The van der Waals surface area contributed by atoms with Crippen LogP contribution in [0.2, 0.25) is 0 Å². The molecule has 4 heteroatoms. The first-order valence-corrected chi connectivity index (χ1v) is 9.76. The number of fused-ring (bicyclic) bond motifs is 1. The van der Waals surface area contributed by atoms with Gasteiger partial charge in [-0.15, -0.1) is 0 Å². The topological polar surface area (TPSA) is 43.3 Å². The first-order valence-electron chi connectivity index (χ1n) is 9.76. The Balaban J connectivity index is 1.52. The fourth-order valence-corrected chi connectivity index (χ4v) is 3.47. The van der Waals surface area contributed by atoms with Gasteiger partial charge in [-0.2, -0.15) is 0 Å². The fraction of sp³-hybridized carbons (Fsp3) is 0.160. The van der Waals surface area contributed by atoms with Crippen molar-refractivity contribution in [2.45, 2.75) is 19.6 Å². The van der Waals surface area contributed by atoms with Crippen LogP contribution in [0.4, 0.5) is 0 Å². The molecule has 4 rings (SSSR count). The summed E-state index contributed by atoms with van der Waals surface area (Å²) in [5.74, 6) is 0.860. The van der Waals surface area contributed by atoms with Crippen LogP contribution in [0.25, 0.3) is 10.9 Å². The van der Waals surface area contributed by atoms with Gasteiger partial charge in [0.2, 0.25) is 5.91 Å². The molecule has 0 spiro atoms. The normalized spacial score (nSPS) is 10.8. The third-order valence-corrected chi connectivity index (χ3v) is 5.03. The quantitative estimate of drug-likeness (QED) is 0.508. The van der Waals surface area contributed by atoms with Crippen LogP contribution in [0.3, 0.4) is 0 Å². The molecule has 1 aromatic heterocycles. The maximum atomic E-state index is 12.0. The van der Waals surface area contributed by atoms with E-state index in [-0.39, 0.29) is 5.91 Å². The predicted octanol–water partition coefficient (Wildman–Crippen LogP) is 4.56. The number of nitrogens with one attached hydrogen (secondary N) is 1. The molecule has 0 aliphatic carbocycles. The Morgan fingerprint density at radius 1 is 0.897 bits per heavy atom. The van der Waals surface area contributed by atoms with Gasteiger partial charge in [-0.25, -0.2) is 0 Å². The molecule has 4 nitrogen and oxygen atoms in total. The molecular formula is C25H24N2O2. The second-order valence-corrected chi connectivity index (χ2v) is 7.05. The third-order valence-electron chi connectivity index (χ3n) is 5.03. The molecule has 29 heavy (non-hydrogen) atoms. The van der Waals surface area contributed by atoms with Crippen molar-refractivity contribution >= 4 is 16.8 Å². The Hall–Kier alpha value is -3.53. The van der Waals surface area contributed by atoms with Crippen molar-refractivity contribution in [1.29, 1.82) is 0 Å². The zero-order chi connectivity index (χ0) is 20.1. The van der Waals surface area contributed by atoms with E-state index in [0.29, 0.717) is 19.6 Å². The minimum Gasteiger partial charge on any atom is -0.489 e. The zero-order valence-corrected chi connectivity index (χ0v) is 16.5. The minimum absolute atomic E-state index is 0.0127. The molecule has 0 unspecified atom stereocenters. The summed E-state index contributed by atoms with van der Waals surface area (Å²) in [4.78, 5) is 12.0. The van der Waals surface area contributed by atoms with Gasteiger partial charge >= 0.3 is 0 Å². The first kappa shape index (κ1) is 18.8. The first-order chi connectivity index (χ1) is 14.2. The zero-order valence-electron chi connectivity index (χ0n) is 16.5. The number of para-hydroxylation sites is 1. The number of aromatic nitrogens is 1. The van der Waals surface area contributed by atoms with Gasteiger partial charge in [-0.05, 0) is 40.8 Å². The van der Waals surface area contributed by atoms with E-state index in [0.717, 1.165) is 33.5 Å². The molecule has 0 aliphatic rings. The summed E-state index contributed by atoms with van der Waals surface area (Å²) in [7, 11) is 1.67. The summed E-state index contributed by atoms with van der Waals surface area (Å²) in [6.45, 7) is 1.26. The fourth-order valence-electron chi connectivity index (χ4n) is 3.47. The molecule has 1 heterocycles. The lowest BCUT2D eigenvalue weighted by molar-refractivity contribution is -0.120. The lowest BCUT2D eigenvalue weighted by Gasteiger charge is -2.12. The average molecular weight is 384 g/mol. The Labute approximate surface area is 170 Å². The molecule has 0 radical (unpaired) electrons. The number of hydrogen-bond donors (Lipinski definition) is 1. The van der Waals surface area contributed by atoms with Gasteiger partial charge in [-0.3, -0.25) is 4.79 Å². The van der Waals surface area contributed by atoms with Crippen LogP contribution in [0.1, 0.15) is 16.8 Å². The predicted molar refractivity (Wildman–Crippen MR) is 116 cm³/mol. The highest BCUT2D eigenvalue weighted by Crippen LogP contribution is 2.23. The number of amides is 1. The summed E-state index contributed by atoms with van der Waals surface area (Å²) >= 11 is 0. The molecule has 0 atom stereocenters. The summed E-state index contributed by atoms with van der Waals surface area (Å²) in [5, 5.41) is 3.86. The number of ether oxygens (including phenoxy) is 1. The van der Waals surface area contributed by atoms with Crippen molar-refractivity contribution in [1.82, 2.24) is 9.88 Å². The Bertz CT molecular complexity index is 1100. The highest BCUT2D eigenvalue weighted by Gasteiger charge is 2.12. The molecule has 146 valence electrons. The monoisotopic (exact) mass is 384 g/mol. The van der Waals surface area contributed by atoms with Gasteiger partial charge in [0.1, 0.15) is 12.4 Å². The highest BCUT2D eigenvalue weighted by atomic mass is 16.5. The van der Waals surface area contributed by atoms with Crippen molar-refractivity contribution in [3.63, 3.8) is 0 Å². The average Bonchev–Trinajstić information content (AvgIpc) is 3.10. The molecule has 0 bridgehead atoms. The van der Waals surface area contributed by atoms with E-state index < -0.39 is 0 Å². The summed E-state index contributed by atoms with van der Waals surface area (Å²) in [6, 6.07) is 28.6. The van der Waals surface area contributed by atoms with Gasteiger partial charge in [0, 0.05) is 24.8 Å². The minimum atomic E-state index is 0.0127. The van der Waals surface area contributed by atoms with E-state index in [2.05, 4.69) is 52.3 Å². The second kappa shape index (κ2) is 8.65. The summed E-state index contributed by atoms with van der Waals surface area (Å²) < 4.78 is 8.10. The molecule has 4 aromatic rings. The molecule has 0 saturated carbocycles. The van der Waals surface area contributed by atoms with Gasteiger partial charge in [-0.1, -0.05) is 60.7 Å². The van der Waals surface area contributed by atoms with Crippen molar-refractivity contribution < 1.29 is 9.53 Å². The number of likely N-dealkylation sites (N-methyl/N-ethyl adjacent to an activating group) is 1. The molecule has 3 aromatic carbocycles. The Morgan fingerprint density at radius 2 is 1.62 bits per heavy atom. The smallest absolute Gasteiger partial charge is 0.225 e. The molecule has 1 N–H and O–H groups in total. The number of rotatable bonds is 7. The summed E-state index contributed by atoms with van der Waals surface area (Å²) in [5.41, 5.74) is 4.46. The van der Waals surface area contributed by atoms with Crippen LogP contribution in [0.15, 0.2) is 84.9 Å². The number of benzene rings is 3. The standard InChI is InChI=1S/C25H24N2O2/c1-26-25(28)16-22-15-21-9-5-6-10-24(21)27(22)17-19-11-13-23(14-12-19)29-18-20-7-3-2-4-8-20/h2-15H,16-18H2,1H3,(H,26,28). The van der Waals surface area contributed by atoms with Crippen LogP contribution >= 0.6 is 0 Å². The van der Waals surface area contributed by atoms with Crippen molar-refractivity contribution in [3.05, 3.63) is 102 Å². The highest BCUT2D eigenvalue weighted by molar-refractivity contribution is 5.84. The Kier molecular flexibility index (Phi) is 5.61. The third kappa shape index (κ3) is 4.49. The van der Waals surface area contributed by atoms with Gasteiger partial charge in [0.25, 0.3) is 0 Å². The number of hydrogen-bond acceptors (Lipinski definition) is 2. The van der Waals surface area contributed by atoms with Crippen LogP contribution in [0, 0.1) is 0 Å². The van der Waals surface area contributed by atoms with Crippen molar-refractivity contribution in [2.24, 2.45) is 0 Å². The van der Waals surface area contributed by atoms with Gasteiger partial charge in [0.15, 0.2) is 0 Å². The molecule has 0 saturated heterocycles. The number of carbonyl (C=O) groups excluding carboxylic acids is 1. The van der Waals surface area contributed by atoms with Crippen LogP contribution in [0.5, 0.6) is 5.75 Å². The molecule has 1 amide bonds. The molecule has 0 fully saturated rings. The van der Waals surface area contributed by atoms with E-state index in [1.54, 1.807) is 7.05 Å². The number of carbonyl (C=O) groups is 1. The van der Waals surface area contributed by atoms with E-state index in [1.807, 2.05) is 42.5 Å². The maximum Gasteiger partial charge on any atom is 0.225 e.